The highest BCUT2D eigenvalue weighted by Crippen LogP contribution is 2.52. The quantitative estimate of drug-likeness (QED) is 0.339. The minimum atomic E-state index is -0.516. The molecule has 0 radical (unpaired) electrons. The van der Waals surface area contributed by atoms with Gasteiger partial charge in [-0.15, -0.1) is 0 Å². The predicted molar refractivity (Wildman–Crippen MR) is 111 cm³/mol. The van der Waals surface area contributed by atoms with Crippen molar-refractivity contribution in [2.24, 2.45) is 28.8 Å². The van der Waals surface area contributed by atoms with E-state index < -0.39 is 6.04 Å². The Labute approximate surface area is 174 Å². The Morgan fingerprint density at radius 1 is 1.17 bits per heavy atom. The molecular formula is C23H23N3O4. The summed E-state index contributed by atoms with van der Waals surface area (Å²) in [5.41, 5.74) is 2.46. The molecule has 5 atom stereocenters. The second-order valence-corrected chi connectivity index (χ2v) is 8.32. The van der Waals surface area contributed by atoms with Crippen LogP contribution in [0.1, 0.15) is 30.6 Å². The number of esters is 1. The van der Waals surface area contributed by atoms with E-state index in [-0.39, 0.29) is 41.5 Å². The molecular weight excluding hydrogens is 382 g/mol. The number of carbonyl (C=O) groups excluding carboxylic acids is 3. The second kappa shape index (κ2) is 6.65. The van der Waals surface area contributed by atoms with Gasteiger partial charge in [-0.05, 0) is 38.2 Å². The van der Waals surface area contributed by atoms with E-state index in [0.717, 1.165) is 33.6 Å². The lowest BCUT2D eigenvalue weighted by Crippen LogP contribution is -2.28. The van der Waals surface area contributed by atoms with Crippen LogP contribution in [0.4, 0.5) is 0 Å². The van der Waals surface area contributed by atoms with Crippen molar-refractivity contribution in [2.45, 2.75) is 26.3 Å². The van der Waals surface area contributed by atoms with Crippen LogP contribution in [0.2, 0.25) is 0 Å². The van der Waals surface area contributed by atoms with Crippen LogP contribution >= 0.6 is 0 Å². The Bertz CT molecular complexity index is 1110. The molecule has 2 heterocycles. The lowest BCUT2D eigenvalue weighted by molar-refractivity contribution is -0.144. The van der Waals surface area contributed by atoms with Crippen molar-refractivity contribution in [3.63, 3.8) is 0 Å². The SMILES string of the molecule is COC(=O)[C@H](C)n1c(C)c(C=NN2C(=O)[C@@H]3[C@H](C2=O)[C@H]2C=C[C@H]3C2)c2ccccc21. The van der Waals surface area contributed by atoms with E-state index in [1.54, 1.807) is 13.1 Å². The summed E-state index contributed by atoms with van der Waals surface area (Å²) >= 11 is 0. The van der Waals surface area contributed by atoms with E-state index in [2.05, 4.69) is 17.3 Å². The number of aromatic nitrogens is 1. The number of para-hydroxylation sites is 1. The van der Waals surface area contributed by atoms with Crippen LogP contribution in [0.25, 0.3) is 10.9 Å². The minimum Gasteiger partial charge on any atom is -0.467 e. The number of benzene rings is 1. The fourth-order valence-corrected chi connectivity index (χ4v) is 5.47. The molecule has 2 aromatic rings. The van der Waals surface area contributed by atoms with Crippen molar-refractivity contribution >= 4 is 34.9 Å². The summed E-state index contributed by atoms with van der Waals surface area (Å²) in [5.74, 6) is -0.992. The van der Waals surface area contributed by atoms with E-state index in [9.17, 15) is 14.4 Å². The first-order chi connectivity index (χ1) is 14.4. The van der Waals surface area contributed by atoms with Crippen molar-refractivity contribution in [2.75, 3.05) is 7.11 Å². The van der Waals surface area contributed by atoms with Gasteiger partial charge >= 0.3 is 5.97 Å². The maximum Gasteiger partial charge on any atom is 0.328 e. The zero-order chi connectivity index (χ0) is 21.2. The van der Waals surface area contributed by atoms with Crippen LogP contribution in [0.3, 0.4) is 0 Å². The normalized spacial score (nSPS) is 28.2. The van der Waals surface area contributed by atoms with E-state index in [0.29, 0.717) is 0 Å². The Balaban J connectivity index is 1.53. The lowest BCUT2D eigenvalue weighted by atomic mass is 9.85. The van der Waals surface area contributed by atoms with Crippen LogP contribution < -0.4 is 0 Å². The average Bonchev–Trinajstić information content (AvgIpc) is 3.48. The van der Waals surface area contributed by atoms with Gasteiger partial charge in [0.2, 0.25) is 0 Å². The number of fused-ring (bicyclic) bond motifs is 6. The highest BCUT2D eigenvalue weighted by Gasteiger charge is 2.59. The molecule has 2 aliphatic carbocycles. The summed E-state index contributed by atoms with van der Waals surface area (Å²) in [4.78, 5) is 37.9. The Hall–Kier alpha value is -3.22. The van der Waals surface area contributed by atoms with Crippen LogP contribution in [0, 0.1) is 30.6 Å². The molecule has 1 aromatic carbocycles. The minimum absolute atomic E-state index is 0.154. The molecule has 1 saturated carbocycles. The number of amides is 2. The monoisotopic (exact) mass is 405 g/mol. The maximum atomic E-state index is 12.9. The number of hydrogen-bond acceptors (Lipinski definition) is 5. The summed E-state index contributed by atoms with van der Waals surface area (Å²) in [6.07, 6.45) is 6.60. The average molecular weight is 405 g/mol. The van der Waals surface area contributed by atoms with Gasteiger partial charge < -0.3 is 9.30 Å². The van der Waals surface area contributed by atoms with Gasteiger partial charge in [-0.3, -0.25) is 9.59 Å². The van der Waals surface area contributed by atoms with E-state index in [1.165, 1.54) is 7.11 Å². The van der Waals surface area contributed by atoms with Crippen LogP contribution in [-0.4, -0.2) is 40.7 Å². The summed E-state index contributed by atoms with van der Waals surface area (Å²) in [5, 5.41) is 6.29. The molecule has 1 aromatic heterocycles. The third-order valence-electron chi connectivity index (χ3n) is 6.88. The molecule has 7 nitrogen and oxygen atoms in total. The number of rotatable bonds is 4. The lowest BCUT2D eigenvalue weighted by Gasteiger charge is -2.15. The maximum absolute atomic E-state index is 12.9. The molecule has 2 fully saturated rings. The topological polar surface area (TPSA) is 81.0 Å². The smallest absolute Gasteiger partial charge is 0.328 e. The van der Waals surface area contributed by atoms with Crippen LogP contribution in [-0.2, 0) is 19.1 Å². The Morgan fingerprint density at radius 3 is 2.43 bits per heavy atom. The van der Waals surface area contributed by atoms with Gasteiger partial charge in [0.25, 0.3) is 11.8 Å². The molecule has 5 rings (SSSR count). The van der Waals surface area contributed by atoms with Crippen molar-refractivity contribution in [3.05, 3.63) is 47.7 Å². The zero-order valence-electron chi connectivity index (χ0n) is 17.1. The number of hydrazone groups is 1. The molecule has 3 aliphatic rings. The van der Waals surface area contributed by atoms with Gasteiger partial charge in [0.05, 0.1) is 25.2 Å². The van der Waals surface area contributed by atoms with Gasteiger partial charge in [-0.2, -0.15) is 10.1 Å². The van der Waals surface area contributed by atoms with Crippen molar-refractivity contribution in [1.29, 1.82) is 0 Å². The fraction of sp³-hybridized carbons (Fsp3) is 0.391. The third-order valence-corrected chi connectivity index (χ3v) is 6.88. The van der Waals surface area contributed by atoms with Gasteiger partial charge in [0.15, 0.2) is 0 Å². The number of nitrogens with zero attached hydrogens (tertiary/aromatic N) is 3. The zero-order valence-corrected chi connectivity index (χ0v) is 17.1. The molecule has 0 spiro atoms. The van der Waals surface area contributed by atoms with E-state index in [4.69, 9.17) is 4.74 Å². The highest BCUT2D eigenvalue weighted by molar-refractivity contribution is 6.08. The summed E-state index contributed by atoms with van der Waals surface area (Å²) in [6.45, 7) is 3.68. The predicted octanol–water partition coefficient (Wildman–Crippen LogP) is 2.82. The molecule has 2 bridgehead atoms. The Morgan fingerprint density at radius 2 is 1.80 bits per heavy atom. The van der Waals surface area contributed by atoms with Crippen molar-refractivity contribution in [1.82, 2.24) is 9.58 Å². The first kappa shape index (κ1) is 18.8. The van der Waals surface area contributed by atoms with Crippen molar-refractivity contribution < 1.29 is 19.1 Å². The summed E-state index contributed by atoms with van der Waals surface area (Å²) < 4.78 is 6.82. The number of ether oxygens (including phenoxy) is 1. The number of imide groups is 1. The molecule has 0 unspecified atom stereocenters. The first-order valence-corrected chi connectivity index (χ1v) is 10.2. The number of carbonyl (C=O) groups is 3. The standard InChI is InChI=1S/C23H23N3O4/c1-12-17(16-6-4-5-7-18(16)25(12)13(2)23(29)30-3)11-24-26-21(27)19-14-8-9-15(10-14)20(19)22(26)28/h4-9,11,13-15,19-20H,10H2,1-3H3/t13-,14-,15-,19-,20+/m0/s1. The third kappa shape index (κ3) is 2.44. The molecule has 0 N–H and O–H groups in total. The van der Waals surface area contributed by atoms with Crippen LogP contribution in [0.5, 0.6) is 0 Å². The molecule has 1 saturated heterocycles. The molecule has 154 valence electrons. The second-order valence-electron chi connectivity index (χ2n) is 8.32. The van der Waals surface area contributed by atoms with Gasteiger partial charge in [-0.25, -0.2) is 4.79 Å². The van der Waals surface area contributed by atoms with Gasteiger partial charge in [0, 0.05) is 22.2 Å². The molecule has 30 heavy (non-hydrogen) atoms. The Kier molecular flexibility index (Phi) is 4.17. The van der Waals surface area contributed by atoms with E-state index in [1.807, 2.05) is 35.8 Å². The van der Waals surface area contributed by atoms with Gasteiger partial charge in [-0.1, -0.05) is 30.4 Å². The largest absolute Gasteiger partial charge is 0.467 e. The van der Waals surface area contributed by atoms with Crippen LogP contribution in [0.15, 0.2) is 41.5 Å². The molecule has 2 amide bonds. The molecule has 1 aliphatic heterocycles. The highest BCUT2D eigenvalue weighted by atomic mass is 16.5. The van der Waals surface area contributed by atoms with Gasteiger partial charge in [0.1, 0.15) is 6.04 Å². The summed E-state index contributed by atoms with van der Waals surface area (Å²) in [7, 11) is 1.37. The first-order valence-electron chi connectivity index (χ1n) is 10.2. The number of hydrogen-bond donors (Lipinski definition) is 0. The fourth-order valence-electron chi connectivity index (χ4n) is 5.47. The molecule has 7 heteroatoms. The van der Waals surface area contributed by atoms with E-state index >= 15 is 0 Å². The summed E-state index contributed by atoms with van der Waals surface area (Å²) in [6, 6.07) is 7.17. The number of methoxy groups -OCH3 is 1. The number of allylic oxidation sites excluding steroid dienone is 2. The van der Waals surface area contributed by atoms with Crippen molar-refractivity contribution in [3.8, 4) is 0 Å².